The molecule has 0 aliphatic heterocycles. The Balaban J connectivity index is 3.08. The Kier molecular flexibility index (Phi) is 3.89. The molecule has 0 fully saturated rings. The average Bonchev–Trinajstić information content (AvgIpc) is 2.19. The van der Waals surface area contributed by atoms with E-state index in [0.29, 0.717) is 5.75 Å². The van der Waals surface area contributed by atoms with Crippen LogP contribution in [0.15, 0.2) is 30.9 Å². The topological polar surface area (TPSA) is 9.23 Å². The van der Waals surface area contributed by atoms with Gasteiger partial charge in [-0.3, -0.25) is 0 Å². The van der Waals surface area contributed by atoms with E-state index in [1.54, 1.807) is 12.1 Å². The molecule has 0 heterocycles. The number of ether oxygens (including phenoxy) is 1. The van der Waals surface area contributed by atoms with Crippen molar-refractivity contribution in [1.29, 1.82) is 0 Å². The van der Waals surface area contributed by atoms with E-state index in [2.05, 4.69) is 6.58 Å². The van der Waals surface area contributed by atoms with Gasteiger partial charge in [-0.25, -0.2) is 4.39 Å². The van der Waals surface area contributed by atoms with E-state index in [4.69, 9.17) is 4.74 Å². The molecule has 81 valence electrons. The van der Waals surface area contributed by atoms with Crippen LogP contribution in [0.3, 0.4) is 0 Å². The van der Waals surface area contributed by atoms with E-state index < -0.39 is 0 Å². The van der Waals surface area contributed by atoms with Crippen molar-refractivity contribution in [2.75, 3.05) is 0 Å². The van der Waals surface area contributed by atoms with Crippen molar-refractivity contribution in [1.82, 2.24) is 0 Å². The second kappa shape index (κ2) is 4.96. The molecule has 2 heteroatoms. The molecule has 1 aromatic rings. The van der Waals surface area contributed by atoms with E-state index in [-0.39, 0.29) is 11.9 Å². The normalized spacial score (nSPS) is 10.8. The van der Waals surface area contributed by atoms with Gasteiger partial charge in [0.2, 0.25) is 0 Å². The monoisotopic (exact) mass is 207 g/mol. The second-order valence-corrected chi connectivity index (χ2v) is 3.69. The summed E-state index contributed by atoms with van der Waals surface area (Å²) in [6.45, 7) is 9.44. The number of allylic oxidation sites excluding steroid dienone is 1. The van der Waals surface area contributed by atoms with Gasteiger partial charge >= 0.3 is 0 Å². The average molecular weight is 207 g/mol. The standard InChI is InChI=1S/C13H16FO/c1-5-10(4)12-8-11(14)6-7-13(12)15-9(2)3/h5-9H,1H2,2-4H3. The lowest BCUT2D eigenvalue weighted by molar-refractivity contribution is 0.240. The molecule has 0 aromatic heterocycles. The predicted molar refractivity (Wildman–Crippen MR) is 60.4 cm³/mol. The SMILES string of the molecule is C=C[C](C)c1cc(F)ccc1OC(C)C. The number of hydrogen-bond donors (Lipinski definition) is 0. The molecule has 0 aliphatic rings. The van der Waals surface area contributed by atoms with Crippen LogP contribution in [0.1, 0.15) is 26.3 Å². The number of hydrogen-bond acceptors (Lipinski definition) is 1. The van der Waals surface area contributed by atoms with Crippen LogP contribution in [0, 0.1) is 11.7 Å². The maximum absolute atomic E-state index is 13.1. The summed E-state index contributed by atoms with van der Waals surface area (Å²) in [6.07, 6.45) is 1.77. The third-order valence-electron chi connectivity index (χ3n) is 2.04. The summed E-state index contributed by atoms with van der Waals surface area (Å²) in [5.74, 6) is 1.34. The minimum atomic E-state index is -0.262. The van der Waals surface area contributed by atoms with Crippen molar-refractivity contribution < 1.29 is 9.13 Å². The molecule has 0 unspecified atom stereocenters. The Bertz CT molecular complexity index is 344. The zero-order chi connectivity index (χ0) is 11.4. The van der Waals surface area contributed by atoms with Gasteiger partial charge in [-0.15, -0.1) is 6.58 Å². The molecule has 0 bridgehead atoms. The number of rotatable bonds is 4. The van der Waals surface area contributed by atoms with Crippen LogP contribution >= 0.6 is 0 Å². The van der Waals surface area contributed by atoms with Crippen LogP contribution in [0.5, 0.6) is 5.75 Å². The van der Waals surface area contributed by atoms with Crippen molar-refractivity contribution >= 4 is 0 Å². The molecule has 1 nitrogen and oxygen atoms in total. The van der Waals surface area contributed by atoms with Crippen LogP contribution in [-0.4, -0.2) is 6.10 Å². The fraction of sp³-hybridized carbons (Fsp3) is 0.308. The first-order valence-electron chi connectivity index (χ1n) is 4.97. The van der Waals surface area contributed by atoms with Gasteiger partial charge in [-0.2, -0.15) is 0 Å². The Morgan fingerprint density at radius 1 is 1.47 bits per heavy atom. The molecule has 15 heavy (non-hydrogen) atoms. The van der Waals surface area contributed by atoms with E-state index in [9.17, 15) is 4.39 Å². The van der Waals surface area contributed by atoms with Gasteiger partial charge in [-0.1, -0.05) is 13.0 Å². The highest BCUT2D eigenvalue weighted by molar-refractivity contribution is 5.46. The first-order chi connectivity index (χ1) is 7.04. The first kappa shape index (κ1) is 11.8. The van der Waals surface area contributed by atoms with Gasteiger partial charge in [0.25, 0.3) is 0 Å². The van der Waals surface area contributed by atoms with E-state index in [1.165, 1.54) is 12.1 Å². The van der Waals surface area contributed by atoms with Crippen LogP contribution in [0.2, 0.25) is 0 Å². The summed E-state index contributed by atoms with van der Waals surface area (Å²) in [4.78, 5) is 0. The highest BCUT2D eigenvalue weighted by atomic mass is 19.1. The molecular weight excluding hydrogens is 191 g/mol. The van der Waals surface area contributed by atoms with Crippen molar-refractivity contribution in [3.8, 4) is 5.75 Å². The number of halogens is 1. The lowest BCUT2D eigenvalue weighted by Gasteiger charge is -2.16. The van der Waals surface area contributed by atoms with Crippen LogP contribution in [-0.2, 0) is 0 Å². The Hall–Kier alpha value is -1.31. The highest BCUT2D eigenvalue weighted by Crippen LogP contribution is 2.28. The van der Waals surface area contributed by atoms with Crippen LogP contribution < -0.4 is 4.74 Å². The fourth-order valence-electron chi connectivity index (χ4n) is 1.28. The second-order valence-electron chi connectivity index (χ2n) is 3.69. The summed E-state index contributed by atoms with van der Waals surface area (Å²) in [6, 6.07) is 4.52. The molecule has 1 rings (SSSR count). The maximum Gasteiger partial charge on any atom is 0.124 e. The molecule has 1 radical (unpaired) electrons. The summed E-state index contributed by atoms with van der Waals surface area (Å²) in [7, 11) is 0. The minimum absolute atomic E-state index is 0.0758. The van der Waals surface area contributed by atoms with Gasteiger partial charge in [0.05, 0.1) is 6.10 Å². The molecule has 0 saturated heterocycles. The predicted octanol–water partition coefficient (Wildman–Crippen LogP) is 3.74. The zero-order valence-electron chi connectivity index (χ0n) is 9.38. The lowest BCUT2D eigenvalue weighted by atomic mass is 10.00. The van der Waals surface area contributed by atoms with Crippen LogP contribution in [0.4, 0.5) is 4.39 Å². The Morgan fingerprint density at radius 3 is 2.67 bits per heavy atom. The van der Waals surface area contributed by atoms with Gasteiger partial charge in [-0.05, 0) is 32.0 Å². The van der Waals surface area contributed by atoms with Gasteiger partial charge in [0.15, 0.2) is 0 Å². The molecule has 0 atom stereocenters. The molecule has 0 spiro atoms. The van der Waals surface area contributed by atoms with Gasteiger partial charge < -0.3 is 4.74 Å². The zero-order valence-corrected chi connectivity index (χ0v) is 9.38. The smallest absolute Gasteiger partial charge is 0.124 e. The summed E-state index contributed by atoms with van der Waals surface area (Å²) < 4.78 is 18.7. The van der Waals surface area contributed by atoms with Crippen molar-refractivity contribution in [2.24, 2.45) is 0 Å². The quantitative estimate of drug-likeness (QED) is 0.730. The van der Waals surface area contributed by atoms with Gasteiger partial charge in [0, 0.05) is 11.5 Å². The largest absolute Gasteiger partial charge is 0.491 e. The van der Waals surface area contributed by atoms with Crippen molar-refractivity contribution in [2.45, 2.75) is 26.9 Å². The van der Waals surface area contributed by atoms with Crippen molar-refractivity contribution in [3.63, 3.8) is 0 Å². The first-order valence-corrected chi connectivity index (χ1v) is 4.97. The third kappa shape index (κ3) is 3.08. The molecule has 0 N–H and O–H groups in total. The minimum Gasteiger partial charge on any atom is -0.491 e. The Morgan fingerprint density at radius 2 is 2.13 bits per heavy atom. The number of benzene rings is 1. The lowest BCUT2D eigenvalue weighted by Crippen LogP contribution is -2.08. The maximum atomic E-state index is 13.1. The Labute approximate surface area is 90.6 Å². The summed E-state index contributed by atoms with van der Waals surface area (Å²) in [5, 5.41) is 0. The van der Waals surface area contributed by atoms with Gasteiger partial charge in [0.1, 0.15) is 11.6 Å². The van der Waals surface area contributed by atoms with E-state index in [1.807, 2.05) is 20.8 Å². The molecule has 0 saturated carbocycles. The van der Waals surface area contributed by atoms with Crippen molar-refractivity contribution in [3.05, 3.63) is 48.2 Å². The highest BCUT2D eigenvalue weighted by Gasteiger charge is 2.11. The van der Waals surface area contributed by atoms with E-state index >= 15 is 0 Å². The fourth-order valence-corrected chi connectivity index (χ4v) is 1.28. The molecular formula is C13H16FO. The molecule has 0 amide bonds. The third-order valence-corrected chi connectivity index (χ3v) is 2.04. The van der Waals surface area contributed by atoms with E-state index in [0.717, 1.165) is 11.5 Å². The molecule has 0 aliphatic carbocycles. The summed E-state index contributed by atoms with van der Waals surface area (Å²) >= 11 is 0. The summed E-state index contributed by atoms with van der Waals surface area (Å²) in [5.41, 5.74) is 0.763. The molecule has 1 aromatic carbocycles. The van der Waals surface area contributed by atoms with Crippen LogP contribution in [0.25, 0.3) is 0 Å².